The number of hydrogen-bond donors (Lipinski definition) is 2. The molecule has 1 saturated heterocycles. The molecule has 1 aliphatic carbocycles. The molecule has 2 aliphatic rings. The van der Waals surface area contributed by atoms with Gasteiger partial charge in [-0.1, -0.05) is 37.6 Å². The Labute approximate surface area is 141 Å². The van der Waals surface area contributed by atoms with Gasteiger partial charge in [-0.15, -0.1) is 0 Å². The topological polar surface area (TPSA) is 53.0 Å². The van der Waals surface area contributed by atoms with Crippen LogP contribution in [0.2, 0.25) is 0 Å². The number of hydrogen-bond acceptors (Lipinski definition) is 3. The van der Waals surface area contributed by atoms with E-state index in [1.54, 1.807) is 6.92 Å². The van der Waals surface area contributed by atoms with E-state index in [1.165, 1.54) is 5.57 Å². The van der Waals surface area contributed by atoms with Crippen molar-refractivity contribution in [3.05, 3.63) is 23.8 Å². The van der Waals surface area contributed by atoms with Gasteiger partial charge in [0.25, 0.3) is 0 Å². The normalized spacial score (nSPS) is 46.4. The number of rotatable bonds is 1. The zero-order chi connectivity index (χ0) is 17.3. The van der Waals surface area contributed by atoms with E-state index < -0.39 is 11.7 Å². The number of aliphatic hydroxyl groups excluding tert-OH is 1. The van der Waals surface area contributed by atoms with Crippen molar-refractivity contribution >= 4 is 0 Å². The van der Waals surface area contributed by atoms with Crippen LogP contribution in [0.4, 0.5) is 0 Å². The molecule has 0 amide bonds. The van der Waals surface area contributed by atoms with E-state index in [4.69, 9.17) is 4.74 Å². The fourth-order valence-corrected chi connectivity index (χ4v) is 3.63. The highest BCUT2D eigenvalue weighted by molar-refractivity contribution is 5.10. The van der Waals surface area contributed by atoms with Crippen molar-refractivity contribution in [2.45, 2.75) is 90.1 Å². The first-order valence-electron chi connectivity index (χ1n) is 9.06. The zero-order valence-electron chi connectivity index (χ0n) is 15.4. The summed E-state index contributed by atoms with van der Waals surface area (Å²) in [4.78, 5) is 0. The third-order valence-electron chi connectivity index (χ3n) is 5.47. The standard InChI is InChI=1S/C20H34O3/c1-14(2)16-8-10-19(4,22)13-17(21)12-15(3)6-7-18-20(5,23-18)11-9-16/h8,10,12,14,16-18,21-22H,6-7,9,11,13H2,1-5H3/b10-8+,15-12+/t16-,17+,18-,19-,20-/m0/s1. The predicted octanol–water partition coefficient (Wildman–Crippen LogP) is 3.99. The summed E-state index contributed by atoms with van der Waals surface area (Å²) in [6.07, 6.45) is 10.1. The SMILES string of the molecule is C/C1=C\[C@@H](O)C[C@@](C)(O)/C=C/[C@H](C(C)C)CC[C@]2(C)O[C@H]2CC1. The van der Waals surface area contributed by atoms with Crippen LogP contribution in [0.3, 0.4) is 0 Å². The fourth-order valence-electron chi connectivity index (χ4n) is 3.63. The minimum atomic E-state index is -0.976. The summed E-state index contributed by atoms with van der Waals surface area (Å²) >= 11 is 0. The molecule has 0 aromatic rings. The smallest absolute Gasteiger partial charge is 0.0920 e. The van der Waals surface area contributed by atoms with Crippen LogP contribution >= 0.6 is 0 Å². The summed E-state index contributed by atoms with van der Waals surface area (Å²) in [6.45, 7) is 10.5. The molecule has 2 rings (SSSR count). The molecule has 3 heteroatoms. The van der Waals surface area contributed by atoms with Crippen LogP contribution in [0.15, 0.2) is 23.8 Å². The Bertz CT molecular complexity index is 464. The highest BCUT2D eigenvalue weighted by Gasteiger charge is 2.51. The molecule has 1 aliphatic heterocycles. The molecular formula is C20H34O3. The summed E-state index contributed by atoms with van der Waals surface area (Å²) in [5, 5.41) is 20.8. The van der Waals surface area contributed by atoms with Gasteiger partial charge in [0.1, 0.15) is 0 Å². The second-order valence-electron chi connectivity index (χ2n) is 8.41. The lowest BCUT2D eigenvalue weighted by atomic mass is 9.84. The first kappa shape index (κ1) is 18.7. The molecule has 1 heterocycles. The average Bonchev–Trinajstić information content (AvgIpc) is 3.05. The van der Waals surface area contributed by atoms with Gasteiger partial charge in [0, 0.05) is 6.42 Å². The Morgan fingerprint density at radius 1 is 1.26 bits per heavy atom. The van der Waals surface area contributed by atoms with Gasteiger partial charge in [-0.25, -0.2) is 0 Å². The van der Waals surface area contributed by atoms with Crippen LogP contribution in [0.1, 0.15) is 66.7 Å². The van der Waals surface area contributed by atoms with Crippen molar-refractivity contribution in [3.8, 4) is 0 Å². The molecule has 0 saturated carbocycles. The molecule has 23 heavy (non-hydrogen) atoms. The van der Waals surface area contributed by atoms with Crippen molar-refractivity contribution in [3.63, 3.8) is 0 Å². The van der Waals surface area contributed by atoms with Crippen LogP contribution in [0, 0.1) is 11.8 Å². The quantitative estimate of drug-likeness (QED) is 0.567. The van der Waals surface area contributed by atoms with Crippen molar-refractivity contribution in [1.29, 1.82) is 0 Å². The van der Waals surface area contributed by atoms with Gasteiger partial charge < -0.3 is 14.9 Å². The highest BCUT2D eigenvalue weighted by atomic mass is 16.6. The average molecular weight is 322 g/mol. The molecule has 132 valence electrons. The van der Waals surface area contributed by atoms with Crippen LogP contribution in [-0.4, -0.2) is 33.6 Å². The van der Waals surface area contributed by atoms with Gasteiger partial charge in [0.2, 0.25) is 0 Å². The van der Waals surface area contributed by atoms with E-state index in [1.807, 2.05) is 19.1 Å². The minimum Gasteiger partial charge on any atom is -0.389 e. The van der Waals surface area contributed by atoms with Crippen LogP contribution in [0.5, 0.6) is 0 Å². The van der Waals surface area contributed by atoms with Crippen molar-refractivity contribution in [2.24, 2.45) is 11.8 Å². The number of ether oxygens (including phenoxy) is 1. The molecule has 0 spiro atoms. The van der Waals surface area contributed by atoms with Gasteiger partial charge in [-0.2, -0.15) is 0 Å². The van der Waals surface area contributed by atoms with Gasteiger partial charge in [0.15, 0.2) is 0 Å². The molecule has 0 unspecified atom stereocenters. The molecule has 0 aromatic heterocycles. The Balaban J connectivity index is 2.17. The number of epoxide rings is 1. The third kappa shape index (κ3) is 5.44. The van der Waals surface area contributed by atoms with Crippen LogP contribution < -0.4 is 0 Å². The predicted molar refractivity (Wildman–Crippen MR) is 94.2 cm³/mol. The molecular weight excluding hydrogens is 288 g/mol. The molecule has 0 aromatic carbocycles. The number of allylic oxidation sites excluding steroid dienone is 2. The van der Waals surface area contributed by atoms with Crippen molar-refractivity contribution < 1.29 is 14.9 Å². The number of fused-ring (bicyclic) bond motifs is 1. The maximum Gasteiger partial charge on any atom is 0.0920 e. The van der Waals surface area contributed by atoms with Gasteiger partial charge in [-0.3, -0.25) is 0 Å². The number of aliphatic hydroxyl groups is 2. The van der Waals surface area contributed by atoms with Gasteiger partial charge in [-0.05, 0) is 58.3 Å². The van der Waals surface area contributed by atoms with E-state index in [-0.39, 0.29) is 5.60 Å². The molecule has 2 N–H and O–H groups in total. The molecule has 5 atom stereocenters. The Hall–Kier alpha value is -0.640. The third-order valence-corrected chi connectivity index (χ3v) is 5.47. The van der Waals surface area contributed by atoms with E-state index in [0.717, 1.165) is 25.7 Å². The summed E-state index contributed by atoms with van der Waals surface area (Å²) < 4.78 is 5.96. The summed E-state index contributed by atoms with van der Waals surface area (Å²) in [6, 6.07) is 0. The molecule has 0 radical (unpaired) electrons. The monoisotopic (exact) mass is 322 g/mol. The first-order chi connectivity index (χ1) is 10.6. The summed E-state index contributed by atoms with van der Waals surface area (Å²) in [5.74, 6) is 0.961. The lowest BCUT2D eigenvalue weighted by molar-refractivity contribution is 0.0564. The lowest BCUT2D eigenvalue weighted by Gasteiger charge is -2.24. The molecule has 3 nitrogen and oxygen atoms in total. The Morgan fingerprint density at radius 3 is 2.61 bits per heavy atom. The second kappa shape index (κ2) is 7.08. The highest BCUT2D eigenvalue weighted by Crippen LogP contribution is 2.44. The van der Waals surface area contributed by atoms with E-state index in [0.29, 0.717) is 24.4 Å². The van der Waals surface area contributed by atoms with E-state index in [2.05, 4.69) is 26.8 Å². The van der Waals surface area contributed by atoms with Gasteiger partial charge >= 0.3 is 0 Å². The first-order valence-corrected chi connectivity index (χ1v) is 9.06. The fraction of sp³-hybridized carbons (Fsp3) is 0.800. The van der Waals surface area contributed by atoms with Crippen molar-refractivity contribution in [1.82, 2.24) is 0 Å². The Kier molecular flexibility index (Phi) is 5.76. The molecule has 1 fully saturated rings. The van der Waals surface area contributed by atoms with E-state index >= 15 is 0 Å². The lowest BCUT2D eigenvalue weighted by Crippen LogP contribution is -2.27. The summed E-state index contributed by atoms with van der Waals surface area (Å²) in [5.41, 5.74) is 0.218. The second-order valence-corrected chi connectivity index (χ2v) is 8.41. The largest absolute Gasteiger partial charge is 0.389 e. The van der Waals surface area contributed by atoms with Gasteiger partial charge in [0.05, 0.1) is 23.4 Å². The van der Waals surface area contributed by atoms with Crippen LogP contribution in [-0.2, 0) is 4.74 Å². The maximum atomic E-state index is 10.6. The molecule has 0 bridgehead atoms. The zero-order valence-corrected chi connectivity index (χ0v) is 15.4. The van der Waals surface area contributed by atoms with E-state index in [9.17, 15) is 10.2 Å². The maximum absolute atomic E-state index is 10.6. The summed E-state index contributed by atoms with van der Waals surface area (Å²) in [7, 11) is 0. The minimum absolute atomic E-state index is 0.0203. The van der Waals surface area contributed by atoms with Crippen LogP contribution in [0.25, 0.3) is 0 Å². The Morgan fingerprint density at radius 2 is 1.96 bits per heavy atom. The van der Waals surface area contributed by atoms with Crippen molar-refractivity contribution in [2.75, 3.05) is 0 Å².